The van der Waals surface area contributed by atoms with E-state index in [0.717, 1.165) is 18.7 Å². The van der Waals surface area contributed by atoms with E-state index in [9.17, 15) is 4.79 Å². The molecule has 0 saturated carbocycles. The topological polar surface area (TPSA) is 60.9 Å². The minimum atomic E-state index is -0.335. The van der Waals surface area contributed by atoms with Crippen molar-refractivity contribution in [2.45, 2.75) is 47.1 Å². The predicted octanol–water partition coefficient (Wildman–Crippen LogP) is 2.85. The molecule has 0 aliphatic heterocycles. The Balaban J connectivity index is 0.00000154. The van der Waals surface area contributed by atoms with E-state index < -0.39 is 0 Å². The Labute approximate surface area is 116 Å². The zero-order chi connectivity index (χ0) is 14.7. The third-order valence-electron chi connectivity index (χ3n) is 2.45. The first-order valence-electron chi connectivity index (χ1n) is 6.76. The van der Waals surface area contributed by atoms with E-state index >= 15 is 0 Å². The number of rotatable bonds is 6. The summed E-state index contributed by atoms with van der Waals surface area (Å²) in [7, 11) is 0. The number of allylic oxidation sites excluding steroid dienone is 4. The monoisotopic (exact) mass is 263 g/mol. The van der Waals surface area contributed by atoms with Crippen LogP contribution in [0.15, 0.2) is 36.3 Å². The van der Waals surface area contributed by atoms with E-state index in [1.54, 1.807) is 12.5 Å². The zero-order valence-electron chi connectivity index (χ0n) is 12.4. The maximum absolute atomic E-state index is 10.9. The van der Waals surface area contributed by atoms with E-state index in [1.165, 1.54) is 5.57 Å². The van der Waals surface area contributed by atoms with Crippen molar-refractivity contribution >= 4 is 5.91 Å². The number of hydrogen-bond acceptors (Lipinski definition) is 2. The lowest BCUT2D eigenvalue weighted by atomic mass is 10.2. The third kappa shape index (κ3) is 6.60. The first-order valence-corrected chi connectivity index (χ1v) is 6.76. The second-order valence-corrected chi connectivity index (χ2v) is 3.83. The highest BCUT2D eigenvalue weighted by Gasteiger charge is 2.05. The van der Waals surface area contributed by atoms with E-state index in [4.69, 9.17) is 5.73 Å². The van der Waals surface area contributed by atoms with Crippen LogP contribution >= 0.6 is 0 Å². The van der Waals surface area contributed by atoms with Gasteiger partial charge in [0.05, 0.1) is 12.7 Å². The normalized spacial score (nSPS) is 11.3. The number of carbonyl (C=O) groups is 1. The number of carbonyl (C=O) groups excluding carboxylic acids is 1. The molecule has 0 atom stereocenters. The van der Waals surface area contributed by atoms with Crippen LogP contribution < -0.4 is 5.73 Å². The van der Waals surface area contributed by atoms with Gasteiger partial charge in [0.1, 0.15) is 0 Å². The van der Waals surface area contributed by atoms with E-state index in [2.05, 4.69) is 30.1 Å². The van der Waals surface area contributed by atoms with Crippen LogP contribution in [0.1, 0.15) is 39.8 Å². The van der Waals surface area contributed by atoms with Gasteiger partial charge in [0.15, 0.2) is 0 Å². The fourth-order valence-electron chi connectivity index (χ4n) is 1.52. The lowest BCUT2D eigenvalue weighted by Gasteiger charge is -2.07. The van der Waals surface area contributed by atoms with Crippen molar-refractivity contribution in [1.82, 2.24) is 9.55 Å². The van der Waals surface area contributed by atoms with Gasteiger partial charge in [-0.05, 0) is 18.9 Å². The highest BCUT2D eigenvalue weighted by atomic mass is 16.1. The molecule has 106 valence electrons. The summed E-state index contributed by atoms with van der Waals surface area (Å²) in [6, 6.07) is 0. The summed E-state index contributed by atoms with van der Waals surface area (Å²) >= 11 is 0. The Kier molecular flexibility index (Phi) is 9.14. The van der Waals surface area contributed by atoms with Crippen LogP contribution in [0.4, 0.5) is 0 Å². The maximum atomic E-state index is 10.9. The smallest absolute Gasteiger partial charge is 0.223 e. The van der Waals surface area contributed by atoms with Gasteiger partial charge in [0.2, 0.25) is 5.91 Å². The maximum Gasteiger partial charge on any atom is 0.223 e. The molecule has 1 amide bonds. The molecule has 1 rings (SSSR count). The number of primary amides is 1. The van der Waals surface area contributed by atoms with Crippen LogP contribution in [0, 0.1) is 0 Å². The van der Waals surface area contributed by atoms with Crippen molar-refractivity contribution in [2.75, 3.05) is 0 Å². The molecule has 0 unspecified atom stereocenters. The average Bonchev–Trinajstić information content (AvgIpc) is 2.83. The van der Waals surface area contributed by atoms with Gasteiger partial charge >= 0.3 is 0 Å². The lowest BCUT2D eigenvalue weighted by Crippen LogP contribution is -2.16. The highest BCUT2D eigenvalue weighted by molar-refractivity contribution is 5.76. The summed E-state index contributed by atoms with van der Waals surface area (Å²) in [5.41, 5.74) is 7.23. The largest absolute Gasteiger partial charge is 0.369 e. The van der Waals surface area contributed by atoms with Crippen LogP contribution in [0.2, 0.25) is 0 Å². The van der Waals surface area contributed by atoms with E-state index in [1.807, 2.05) is 25.3 Å². The molecular weight excluding hydrogens is 238 g/mol. The number of imidazole rings is 1. The molecule has 0 radical (unpaired) electrons. The molecule has 0 spiro atoms. The first kappa shape index (κ1) is 17.2. The van der Waals surface area contributed by atoms with Gasteiger partial charge in [-0.15, -0.1) is 0 Å². The Morgan fingerprint density at radius 1 is 1.47 bits per heavy atom. The molecule has 2 N–H and O–H groups in total. The molecule has 4 nitrogen and oxygen atoms in total. The van der Waals surface area contributed by atoms with Gasteiger partial charge in [0.25, 0.3) is 0 Å². The number of amides is 1. The van der Waals surface area contributed by atoms with Gasteiger partial charge in [-0.2, -0.15) is 0 Å². The van der Waals surface area contributed by atoms with Crippen LogP contribution in [-0.4, -0.2) is 15.5 Å². The lowest BCUT2D eigenvalue weighted by molar-refractivity contribution is -0.117. The fraction of sp³-hybridized carbons (Fsp3) is 0.467. The van der Waals surface area contributed by atoms with Crippen LogP contribution in [0.25, 0.3) is 0 Å². The van der Waals surface area contributed by atoms with Crippen molar-refractivity contribution in [3.05, 3.63) is 42.0 Å². The molecule has 19 heavy (non-hydrogen) atoms. The third-order valence-corrected chi connectivity index (χ3v) is 2.45. The molecule has 4 heteroatoms. The minimum absolute atomic E-state index is 0.231. The molecule has 0 saturated heterocycles. The standard InChI is InChI=1S/C13H19N3O.C2H6/c1-3-5-6-11(4-2)9-16-10-15-8-12(16)7-13(14)17;1-2/h4-6,8,10H,3,7,9H2,1-2H3,(H2,14,17);1-2H3/b6-5-,11-4+;. The van der Waals surface area contributed by atoms with Crippen LogP contribution in [-0.2, 0) is 17.8 Å². The summed E-state index contributed by atoms with van der Waals surface area (Å²) < 4.78 is 1.94. The van der Waals surface area contributed by atoms with E-state index in [-0.39, 0.29) is 12.3 Å². The summed E-state index contributed by atoms with van der Waals surface area (Å²) in [6.45, 7) is 8.81. The average molecular weight is 263 g/mol. The Morgan fingerprint density at radius 3 is 2.68 bits per heavy atom. The van der Waals surface area contributed by atoms with Crippen molar-refractivity contribution in [3.8, 4) is 0 Å². The van der Waals surface area contributed by atoms with Crippen molar-refractivity contribution in [1.29, 1.82) is 0 Å². The van der Waals surface area contributed by atoms with Crippen LogP contribution in [0.3, 0.4) is 0 Å². The second-order valence-electron chi connectivity index (χ2n) is 3.83. The van der Waals surface area contributed by atoms with Crippen molar-refractivity contribution in [3.63, 3.8) is 0 Å². The predicted molar refractivity (Wildman–Crippen MR) is 79.7 cm³/mol. The number of aromatic nitrogens is 2. The molecule has 0 bridgehead atoms. The van der Waals surface area contributed by atoms with Gasteiger partial charge in [0, 0.05) is 18.4 Å². The first-order chi connectivity index (χ1) is 9.17. The van der Waals surface area contributed by atoms with Gasteiger partial charge in [-0.25, -0.2) is 4.98 Å². The number of hydrogen-bond donors (Lipinski definition) is 1. The Hall–Kier alpha value is -1.84. The van der Waals surface area contributed by atoms with Crippen molar-refractivity contribution in [2.24, 2.45) is 5.73 Å². The number of nitrogens with two attached hydrogens (primary N) is 1. The second kappa shape index (κ2) is 10.1. The van der Waals surface area contributed by atoms with Gasteiger partial charge < -0.3 is 10.3 Å². The molecule has 0 aliphatic carbocycles. The zero-order valence-corrected chi connectivity index (χ0v) is 12.4. The summed E-state index contributed by atoms with van der Waals surface area (Å²) in [5.74, 6) is -0.335. The summed E-state index contributed by atoms with van der Waals surface area (Å²) in [6.07, 6.45) is 10.9. The minimum Gasteiger partial charge on any atom is -0.369 e. The summed E-state index contributed by atoms with van der Waals surface area (Å²) in [5, 5.41) is 0. The molecule has 1 aromatic heterocycles. The molecule has 0 fully saturated rings. The number of nitrogens with zero attached hydrogens (tertiary/aromatic N) is 2. The van der Waals surface area contributed by atoms with Gasteiger partial charge in [-0.1, -0.05) is 39.0 Å². The van der Waals surface area contributed by atoms with Gasteiger partial charge in [-0.3, -0.25) is 4.79 Å². The SMILES string of the molecule is C/C=C(\C=C/CC)Cn1cncc1CC(N)=O.CC. The highest BCUT2D eigenvalue weighted by Crippen LogP contribution is 2.07. The fourth-order valence-corrected chi connectivity index (χ4v) is 1.52. The van der Waals surface area contributed by atoms with Crippen LogP contribution in [0.5, 0.6) is 0 Å². The Bertz CT molecular complexity index is 430. The molecule has 0 aliphatic rings. The molecule has 1 aromatic rings. The molecule has 1 heterocycles. The molecule has 0 aromatic carbocycles. The Morgan fingerprint density at radius 2 is 2.16 bits per heavy atom. The molecular formula is C15H25N3O. The quantitative estimate of drug-likeness (QED) is 0.802. The van der Waals surface area contributed by atoms with Crippen molar-refractivity contribution < 1.29 is 4.79 Å². The summed E-state index contributed by atoms with van der Waals surface area (Å²) in [4.78, 5) is 14.9. The van der Waals surface area contributed by atoms with E-state index in [0.29, 0.717) is 0 Å².